The number of halogens is 1. The number of benzene rings is 1. The Labute approximate surface area is 124 Å². The molecule has 6 nitrogen and oxygen atoms in total. The number of H-pyrrole nitrogens is 1. The van der Waals surface area contributed by atoms with Crippen molar-refractivity contribution in [2.24, 2.45) is 0 Å². The maximum Gasteiger partial charge on any atom is 0.267 e. The molecule has 8 heteroatoms. The summed E-state index contributed by atoms with van der Waals surface area (Å²) < 4.78 is 32.3. The van der Waals surface area contributed by atoms with Crippen LogP contribution in [0.1, 0.15) is 0 Å². The first-order valence-corrected chi connectivity index (χ1v) is 7.74. The predicted octanol–water partition coefficient (Wildman–Crippen LogP) is 1.95. The van der Waals surface area contributed by atoms with Gasteiger partial charge in [-0.3, -0.25) is 9.52 Å². The van der Waals surface area contributed by atoms with Gasteiger partial charge in [0.05, 0.1) is 12.8 Å². The molecule has 0 atom stereocenters. The van der Waals surface area contributed by atoms with Gasteiger partial charge in [-0.2, -0.15) is 0 Å². The predicted molar refractivity (Wildman–Crippen MR) is 78.6 cm³/mol. The number of pyridine rings is 1. The van der Waals surface area contributed by atoms with Crippen LogP contribution in [0.3, 0.4) is 0 Å². The molecule has 0 saturated carbocycles. The van der Waals surface area contributed by atoms with Gasteiger partial charge in [-0.05, 0) is 12.1 Å². The first kappa shape index (κ1) is 14.6. The number of nitrogens with one attached hydrogen (secondary N) is 2. The van der Waals surface area contributed by atoms with E-state index in [1.165, 1.54) is 19.4 Å². The van der Waals surface area contributed by atoms with Gasteiger partial charge in [-0.15, -0.1) is 0 Å². The summed E-state index contributed by atoms with van der Waals surface area (Å²) in [6.07, 6.45) is 2.50. The highest BCUT2D eigenvalue weighted by molar-refractivity contribution is 9.10. The van der Waals surface area contributed by atoms with Crippen LogP contribution in [0.15, 0.2) is 50.8 Å². The fraction of sp³-hybridized carbons (Fsp3) is 0.0833. The number of hydrogen-bond donors (Lipinski definition) is 2. The normalized spacial score (nSPS) is 11.1. The Morgan fingerprint density at radius 3 is 2.70 bits per heavy atom. The topological polar surface area (TPSA) is 88.3 Å². The van der Waals surface area contributed by atoms with Gasteiger partial charge in [0, 0.05) is 29.0 Å². The molecule has 2 aromatic rings. The molecule has 0 saturated heterocycles. The van der Waals surface area contributed by atoms with Crippen molar-refractivity contribution in [2.45, 2.75) is 4.90 Å². The Kier molecular flexibility index (Phi) is 4.15. The number of rotatable bonds is 4. The summed E-state index contributed by atoms with van der Waals surface area (Å²) >= 11 is 3.25. The molecule has 0 aliphatic carbocycles. The van der Waals surface area contributed by atoms with Crippen molar-refractivity contribution in [1.29, 1.82) is 0 Å². The molecule has 0 unspecified atom stereocenters. The number of aromatic amines is 1. The number of hydrogen-bond acceptors (Lipinski definition) is 4. The molecule has 1 heterocycles. The minimum absolute atomic E-state index is 0.291. The van der Waals surface area contributed by atoms with Crippen LogP contribution in [0.4, 0.5) is 5.69 Å². The molecule has 0 spiro atoms. The lowest BCUT2D eigenvalue weighted by Crippen LogP contribution is -2.20. The van der Waals surface area contributed by atoms with E-state index < -0.39 is 15.5 Å². The lowest BCUT2D eigenvalue weighted by atomic mass is 10.3. The first-order chi connectivity index (χ1) is 9.42. The van der Waals surface area contributed by atoms with Crippen molar-refractivity contribution in [3.8, 4) is 5.75 Å². The monoisotopic (exact) mass is 358 g/mol. The Morgan fingerprint density at radius 2 is 2.05 bits per heavy atom. The number of ether oxygens (including phenoxy) is 1. The van der Waals surface area contributed by atoms with Gasteiger partial charge in [0.15, 0.2) is 4.90 Å². The first-order valence-electron chi connectivity index (χ1n) is 5.47. The van der Waals surface area contributed by atoms with E-state index in [9.17, 15) is 13.2 Å². The van der Waals surface area contributed by atoms with E-state index in [1.807, 2.05) is 0 Å². The van der Waals surface area contributed by atoms with Gasteiger partial charge < -0.3 is 9.72 Å². The molecule has 1 aromatic heterocycles. The second kappa shape index (κ2) is 5.68. The third kappa shape index (κ3) is 3.20. The van der Waals surface area contributed by atoms with Crippen molar-refractivity contribution >= 4 is 31.6 Å². The van der Waals surface area contributed by atoms with Crippen LogP contribution in [-0.4, -0.2) is 20.5 Å². The molecule has 0 aliphatic rings. The Morgan fingerprint density at radius 1 is 1.30 bits per heavy atom. The van der Waals surface area contributed by atoms with Crippen molar-refractivity contribution in [3.05, 3.63) is 51.4 Å². The largest absolute Gasteiger partial charge is 0.497 e. The zero-order valence-electron chi connectivity index (χ0n) is 10.4. The number of aromatic nitrogens is 1. The Balaban J connectivity index is 2.41. The number of methoxy groups -OCH3 is 1. The fourth-order valence-corrected chi connectivity index (χ4v) is 3.13. The zero-order chi connectivity index (χ0) is 14.8. The highest BCUT2D eigenvalue weighted by Gasteiger charge is 2.18. The zero-order valence-corrected chi connectivity index (χ0v) is 12.8. The quantitative estimate of drug-likeness (QED) is 0.873. The van der Waals surface area contributed by atoms with Gasteiger partial charge in [0.2, 0.25) is 5.43 Å². The third-order valence-corrected chi connectivity index (χ3v) is 4.30. The van der Waals surface area contributed by atoms with Crippen LogP contribution < -0.4 is 14.9 Å². The van der Waals surface area contributed by atoms with E-state index in [0.717, 1.165) is 12.3 Å². The van der Waals surface area contributed by atoms with Gasteiger partial charge in [0.25, 0.3) is 10.0 Å². The Hall–Kier alpha value is -1.80. The molecule has 106 valence electrons. The molecular weight excluding hydrogens is 348 g/mol. The smallest absolute Gasteiger partial charge is 0.267 e. The van der Waals surface area contributed by atoms with Crippen molar-refractivity contribution in [1.82, 2.24) is 4.98 Å². The van der Waals surface area contributed by atoms with E-state index in [4.69, 9.17) is 4.74 Å². The van der Waals surface area contributed by atoms with Crippen molar-refractivity contribution in [2.75, 3.05) is 11.8 Å². The van der Waals surface area contributed by atoms with E-state index in [1.54, 1.807) is 12.1 Å². The molecule has 20 heavy (non-hydrogen) atoms. The van der Waals surface area contributed by atoms with Crippen molar-refractivity contribution in [3.63, 3.8) is 0 Å². The molecule has 0 amide bonds. The van der Waals surface area contributed by atoms with Crippen LogP contribution in [0, 0.1) is 0 Å². The minimum Gasteiger partial charge on any atom is -0.497 e. The van der Waals surface area contributed by atoms with Crippen LogP contribution in [0.5, 0.6) is 5.75 Å². The van der Waals surface area contributed by atoms with E-state index in [2.05, 4.69) is 25.6 Å². The van der Waals surface area contributed by atoms with Gasteiger partial charge in [-0.1, -0.05) is 15.9 Å². The molecule has 1 aromatic carbocycles. The van der Waals surface area contributed by atoms with Crippen LogP contribution in [0.25, 0.3) is 0 Å². The highest BCUT2D eigenvalue weighted by Crippen LogP contribution is 2.25. The van der Waals surface area contributed by atoms with Gasteiger partial charge in [0.1, 0.15) is 5.75 Å². The highest BCUT2D eigenvalue weighted by atomic mass is 79.9. The average molecular weight is 359 g/mol. The summed E-state index contributed by atoms with van der Waals surface area (Å²) in [5, 5.41) is 0. The number of sulfonamides is 1. The maximum absolute atomic E-state index is 12.1. The summed E-state index contributed by atoms with van der Waals surface area (Å²) in [5.41, 5.74) is -0.294. The van der Waals surface area contributed by atoms with Gasteiger partial charge >= 0.3 is 0 Å². The average Bonchev–Trinajstić information content (AvgIpc) is 2.37. The SMILES string of the molecule is COc1cc(Br)cc(NS(=O)(=O)c2c[nH]ccc2=O)c1. The molecule has 2 N–H and O–H groups in total. The summed E-state index contributed by atoms with van der Waals surface area (Å²) in [6, 6.07) is 5.92. The second-order valence-corrected chi connectivity index (χ2v) is 6.42. The summed E-state index contributed by atoms with van der Waals surface area (Å²) in [5.74, 6) is 0.485. The summed E-state index contributed by atoms with van der Waals surface area (Å²) in [4.78, 5) is 13.8. The second-order valence-electron chi connectivity index (χ2n) is 3.86. The van der Waals surface area contributed by atoms with Crippen LogP contribution in [0.2, 0.25) is 0 Å². The minimum atomic E-state index is -3.96. The Bertz CT molecular complexity index is 786. The molecule has 0 bridgehead atoms. The lowest BCUT2D eigenvalue weighted by molar-refractivity contribution is 0.415. The number of anilines is 1. The summed E-state index contributed by atoms with van der Waals surface area (Å²) in [6.45, 7) is 0. The third-order valence-electron chi connectivity index (χ3n) is 2.44. The summed E-state index contributed by atoms with van der Waals surface area (Å²) in [7, 11) is -2.48. The van der Waals surface area contributed by atoms with E-state index in [-0.39, 0.29) is 4.90 Å². The van der Waals surface area contributed by atoms with Crippen LogP contribution in [-0.2, 0) is 10.0 Å². The molecule has 0 radical (unpaired) electrons. The molecule has 2 rings (SSSR count). The molecular formula is C12H11BrN2O4S. The van der Waals surface area contributed by atoms with E-state index in [0.29, 0.717) is 15.9 Å². The van der Waals surface area contributed by atoms with Crippen molar-refractivity contribution < 1.29 is 13.2 Å². The maximum atomic E-state index is 12.1. The van der Waals surface area contributed by atoms with E-state index >= 15 is 0 Å². The van der Waals surface area contributed by atoms with Crippen LogP contribution >= 0.6 is 15.9 Å². The van der Waals surface area contributed by atoms with Gasteiger partial charge in [-0.25, -0.2) is 8.42 Å². The molecule has 0 aliphatic heterocycles. The standard InChI is InChI=1S/C12H11BrN2O4S/c1-19-10-5-8(13)4-9(6-10)15-20(17,18)12-7-14-3-2-11(12)16/h2-7,15H,1H3,(H,14,16). The molecule has 0 fully saturated rings. The lowest BCUT2D eigenvalue weighted by Gasteiger charge is -2.09. The fourth-order valence-electron chi connectivity index (χ4n) is 1.56.